The lowest BCUT2D eigenvalue weighted by Gasteiger charge is -2.32. The van der Waals surface area contributed by atoms with Crippen LogP contribution in [0.2, 0.25) is 0 Å². The number of rotatable bonds is 6. The summed E-state index contributed by atoms with van der Waals surface area (Å²) < 4.78 is 32.6. The number of ether oxygens (including phenoxy) is 1. The molecule has 0 saturated heterocycles. The van der Waals surface area contributed by atoms with E-state index < -0.39 is 22.1 Å². The normalized spacial score (nSPS) is 19.7. The third kappa shape index (κ3) is 4.33. The monoisotopic (exact) mass is 349 g/mol. The molecule has 2 rings (SSSR count). The van der Waals surface area contributed by atoms with Crippen molar-refractivity contribution < 1.29 is 17.9 Å². The molecule has 1 aliphatic heterocycles. The van der Waals surface area contributed by atoms with Crippen molar-refractivity contribution in [3.05, 3.63) is 54.6 Å². The van der Waals surface area contributed by atoms with Crippen molar-refractivity contribution in [3.63, 3.8) is 0 Å². The number of benzene rings is 1. The standard InChI is InChI=1S/C18H23NO4S/c1-4-17(23-15(3)20)13-16-7-5-6-12-19(16)24(21,22)18-10-8-14(2)9-11-18/h4-5,7-11,16-17H,1,6,12-13H2,2-3H3/t16-,17-/m0/s1. The minimum Gasteiger partial charge on any atom is -0.458 e. The van der Waals surface area contributed by atoms with Crippen molar-refractivity contribution in [2.45, 2.75) is 43.7 Å². The molecule has 1 aromatic rings. The predicted molar refractivity (Wildman–Crippen MR) is 93.0 cm³/mol. The number of carbonyl (C=O) groups is 1. The number of hydrogen-bond acceptors (Lipinski definition) is 4. The Bertz CT molecular complexity index is 722. The van der Waals surface area contributed by atoms with Gasteiger partial charge in [0.1, 0.15) is 6.10 Å². The molecule has 1 aliphatic rings. The van der Waals surface area contributed by atoms with E-state index in [2.05, 4.69) is 6.58 Å². The molecule has 0 amide bonds. The van der Waals surface area contributed by atoms with Crippen LogP contribution in [0.3, 0.4) is 0 Å². The Morgan fingerprint density at radius 2 is 2.08 bits per heavy atom. The van der Waals surface area contributed by atoms with Gasteiger partial charge in [-0.25, -0.2) is 8.42 Å². The fourth-order valence-electron chi connectivity index (χ4n) is 2.70. The first-order valence-corrected chi connectivity index (χ1v) is 9.33. The summed E-state index contributed by atoms with van der Waals surface area (Å²) in [5.74, 6) is -0.410. The van der Waals surface area contributed by atoms with E-state index in [4.69, 9.17) is 4.74 Å². The molecule has 0 aromatic heterocycles. The molecule has 1 heterocycles. The summed E-state index contributed by atoms with van der Waals surface area (Å²) in [4.78, 5) is 11.4. The fraction of sp³-hybridized carbons (Fsp3) is 0.389. The SMILES string of the molecule is C=C[C@@H](C[C@@H]1C=CCCN1S(=O)(=O)c1ccc(C)cc1)OC(C)=O. The molecule has 0 bridgehead atoms. The molecule has 5 nitrogen and oxygen atoms in total. The summed E-state index contributed by atoms with van der Waals surface area (Å²) in [6.07, 6.45) is 5.83. The lowest BCUT2D eigenvalue weighted by molar-refractivity contribution is -0.144. The summed E-state index contributed by atoms with van der Waals surface area (Å²) in [7, 11) is -3.60. The summed E-state index contributed by atoms with van der Waals surface area (Å²) in [5.41, 5.74) is 1.01. The second-order valence-corrected chi connectivity index (χ2v) is 7.72. The van der Waals surface area contributed by atoms with Gasteiger partial charge < -0.3 is 4.74 Å². The third-order valence-corrected chi connectivity index (χ3v) is 5.86. The smallest absolute Gasteiger partial charge is 0.303 e. The number of sulfonamides is 1. The molecule has 0 spiro atoms. The minimum absolute atomic E-state index is 0.274. The molecule has 2 atom stereocenters. The first-order chi connectivity index (χ1) is 11.3. The van der Waals surface area contributed by atoms with E-state index in [1.165, 1.54) is 17.3 Å². The molecule has 24 heavy (non-hydrogen) atoms. The molecule has 0 N–H and O–H groups in total. The Hall–Kier alpha value is -1.92. The van der Waals surface area contributed by atoms with Gasteiger partial charge >= 0.3 is 5.97 Å². The topological polar surface area (TPSA) is 63.7 Å². The summed E-state index contributed by atoms with van der Waals surface area (Å²) in [6.45, 7) is 7.31. The van der Waals surface area contributed by atoms with E-state index >= 15 is 0 Å². The van der Waals surface area contributed by atoms with Gasteiger partial charge in [-0.3, -0.25) is 4.79 Å². The van der Waals surface area contributed by atoms with Crippen molar-refractivity contribution in [1.29, 1.82) is 0 Å². The van der Waals surface area contributed by atoms with Gasteiger partial charge in [0.25, 0.3) is 0 Å². The van der Waals surface area contributed by atoms with Crippen LogP contribution >= 0.6 is 0 Å². The number of nitrogens with zero attached hydrogens (tertiary/aromatic N) is 1. The van der Waals surface area contributed by atoms with Crippen molar-refractivity contribution in [3.8, 4) is 0 Å². The van der Waals surface area contributed by atoms with Crippen LogP contribution in [0, 0.1) is 6.92 Å². The van der Waals surface area contributed by atoms with E-state index in [1.807, 2.05) is 19.1 Å². The highest BCUT2D eigenvalue weighted by atomic mass is 32.2. The maximum atomic E-state index is 13.0. The van der Waals surface area contributed by atoms with Crippen molar-refractivity contribution in [2.24, 2.45) is 0 Å². The van der Waals surface area contributed by atoms with Gasteiger partial charge in [0, 0.05) is 25.9 Å². The Morgan fingerprint density at radius 3 is 2.67 bits per heavy atom. The first-order valence-electron chi connectivity index (χ1n) is 7.89. The van der Waals surface area contributed by atoms with Gasteiger partial charge in [0.05, 0.1) is 4.90 Å². The van der Waals surface area contributed by atoms with Gasteiger partial charge in [-0.15, -0.1) is 0 Å². The number of hydrogen-bond donors (Lipinski definition) is 0. The van der Waals surface area contributed by atoms with Crippen LogP contribution in [0.15, 0.2) is 54.0 Å². The number of esters is 1. The molecule has 0 fully saturated rings. The quantitative estimate of drug-likeness (QED) is 0.585. The van der Waals surface area contributed by atoms with Crippen LogP contribution in [0.1, 0.15) is 25.3 Å². The lowest BCUT2D eigenvalue weighted by atomic mass is 10.1. The maximum Gasteiger partial charge on any atom is 0.303 e. The second-order valence-electron chi connectivity index (χ2n) is 5.83. The zero-order chi connectivity index (χ0) is 17.7. The summed E-state index contributed by atoms with van der Waals surface area (Å²) in [6, 6.07) is 6.45. The predicted octanol–water partition coefficient (Wildman–Crippen LogP) is 2.82. The third-order valence-electron chi connectivity index (χ3n) is 3.93. The van der Waals surface area contributed by atoms with Crippen molar-refractivity contribution >= 4 is 16.0 Å². The van der Waals surface area contributed by atoms with E-state index in [0.717, 1.165) is 5.56 Å². The largest absolute Gasteiger partial charge is 0.458 e. The number of aryl methyl sites for hydroxylation is 1. The van der Waals surface area contributed by atoms with Crippen LogP contribution in [0.4, 0.5) is 0 Å². The van der Waals surface area contributed by atoms with E-state index in [9.17, 15) is 13.2 Å². The van der Waals surface area contributed by atoms with Gasteiger partial charge in [-0.05, 0) is 25.5 Å². The second kappa shape index (κ2) is 7.77. The average Bonchev–Trinajstić information content (AvgIpc) is 2.54. The van der Waals surface area contributed by atoms with Crippen molar-refractivity contribution in [2.75, 3.05) is 6.54 Å². The molecule has 0 unspecified atom stereocenters. The highest BCUT2D eigenvalue weighted by molar-refractivity contribution is 7.89. The van der Waals surface area contributed by atoms with Gasteiger partial charge in [-0.2, -0.15) is 4.31 Å². The van der Waals surface area contributed by atoms with Gasteiger partial charge in [-0.1, -0.05) is 42.5 Å². The molecule has 0 aliphatic carbocycles. The summed E-state index contributed by atoms with van der Waals surface area (Å²) >= 11 is 0. The van der Waals surface area contributed by atoms with E-state index in [0.29, 0.717) is 19.4 Å². The zero-order valence-corrected chi connectivity index (χ0v) is 14.8. The summed E-state index contributed by atoms with van der Waals surface area (Å²) in [5, 5.41) is 0. The fourth-order valence-corrected chi connectivity index (χ4v) is 4.31. The van der Waals surface area contributed by atoms with Crippen LogP contribution in [0.25, 0.3) is 0 Å². The van der Waals surface area contributed by atoms with Crippen LogP contribution < -0.4 is 0 Å². The Morgan fingerprint density at radius 1 is 1.42 bits per heavy atom. The molecular weight excluding hydrogens is 326 g/mol. The Kier molecular flexibility index (Phi) is 5.96. The van der Waals surface area contributed by atoms with Gasteiger partial charge in [0.15, 0.2) is 0 Å². The van der Waals surface area contributed by atoms with Crippen molar-refractivity contribution in [1.82, 2.24) is 4.31 Å². The van der Waals surface area contributed by atoms with Crippen LogP contribution in [-0.4, -0.2) is 37.4 Å². The molecule has 0 radical (unpaired) electrons. The molecule has 0 saturated carbocycles. The van der Waals surface area contributed by atoms with E-state index in [-0.39, 0.29) is 10.9 Å². The minimum atomic E-state index is -3.60. The van der Waals surface area contributed by atoms with Crippen LogP contribution in [0.5, 0.6) is 0 Å². The lowest BCUT2D eigenvalue weighted by Crippen LogP contribution is -2.43. The van der Waals surface area contributed by atoms with Gasteiger partial charge in [0.2, 0.25) is 10.0 Å². The first kappa shape index (κ1) is 18.4. The Labute approximate surface area is 143 Å². The average molecular weight is 349 g/mol. The number of carbonyl (C=O) groups excluding carboxylic acids is 1. The molecular formula is C18H23NO4S. The molecule has 130 valence electrons. The maximum absolute atomic E-state index is 13.0. The van der Waals surface area contributed by atoms with Crippen LogP contribution in [-0.2, 0) is 19.6 Å². The Balaban J connectivity index is 2.26. The molecule has 6 heteroatoms. The highest BCUT2D eigenvalue weighted by Crippen LogP contribution is 2.25. The molecule has 1 aromatic carbocycles. The zero-order valence-electron chi connectivity index (χ0n) is 14.0. The van der Waals surface area contributed by atoms with E-state index in [1.54, 1.807) is 24.3 Å². The highest BCUT2D eigenvalue weighted by Gasteiger charge is 2.32.